The number of carbonyl (C=O) groups excluding carboxylic acids is 3. The predicted molar refractivity (Wildman–Crippen MR) is 76.8 cm³/mol. The minimum absolute atomic E-state index is 0.0737. The van der Waals surface area contributed by atoms with Gasteiger partial charge in [0.1, 0.15) is 0 Å². The molecule has 6 nitrogen and oxygen atoms in total. The van der Waals surface area contributed by atoms with Gasteiger partial charge >= 0.3 is 0 Å². The molecule has 1 aliphatic heterocycles. The van der Waals surface area contributed by atoms with Crippen molar-refractivity contribution in [3.8, 4) is 0 Å². The highest BCUT2D eigenvalue weighted by molar-refractivity contribution is 6.21. The highest BCUT2D eigenvalue weighted by Gasteiger charge is 2.37. The van der Waals surface area contributed by atoms with Gasteiger partial charge in [-0.05, 0) is 26.0 Å². The molecule has 0 fully saturated rings. The minimum Gasteiger partial charge on any atom is -0.349 e. The molecule has 0 bridgehead atoms. The maximum absolute atomic E-state index is 12.2. The summed E-state index contributed by atoms with van der Waals surface area (Å²) in [5.41, 5.74) is 0.865. The van der Waals surface area contributed by atoms with Crippen LogP contribution in [0.25, 0.3) is 0 Å². The molecule has 21 heavy (non-hydrogen) atoms. The zero-order chi connectivity index (χ0) is 15.6. The summed E-state index contributed by atoms with van der Waals surface area (Å²) in [5, 5.41) is 2.79. The van der Waals surface area contributed by atoms with Crippen LogP contribution in [0.15, 0.2) is 24.3 Å². The summed E-state index contributed by atoms with van der Waals surface area (Å²) < 4.78 is 0. The molecule has 1 heterocycles. The van der Waals surface area contributed by atoms with E-state index in [0.717, 1.165) is 4.90 Å². The molecule has 1 atom stereocenters. The molecule has 0 aliphatic carbocycles. The largest absolute Gasteiger partial charge is 0.349 e. The lowest BCUT2D eigenvalue weighted by Crippen LogP contribution is -3.12. The second kappa shape index (κ2) is 6.05. The molecule has 1 aromatic carbocycles. The number of nitrogens with zero attached hydrogens (tertiary/aromatic N) is 1. The molecule has 1 aliphatic rings. The number of hydrogen-bond donors (Lipinski definition) is 2. The van der Waals surface area contributed by atoms with Crippen LogP contribution in [0.4, 0.5) is 0 Å². The third kappa shape index (κ3) is 3.28. The van der Waals surface area contributed by atoms with Gasteiger partial charge in [-0.2, -0.15) is 0 Å². The standard InChI is InChI=1S/C15H19N3O3/c1-10(2)16-13(19)8-17(3)9-18-14(20)11-6-4-5-7-12(11)15(18)21/h4-7,10H,8-9H2,1-3H3,(H,16,19)/p+1. The molecule has 0 spiro atoms. The summed E-state index contributed by atoms with van der Waals surface area (Å²) in [7, 11) is 1.78. The number of hydrogen-bond acceptors (Lipinski definition) is 3. The van der Waals surface area contributed by atoms with Crippen molar-refractivity contribution in [2.75, 3.05) is 20.3 Å². The number of likely N-dealkylation sites (N-methyl/N-ethyl adjacent to an activating group) is 1. The first-order chi connectivity index (χ1) is 9.90. The predicted octanol–water partition coefficient (Wildman–Crippen LogP) is -0.721. The molecule has 1 aromatic rings. The molecular weight excluding hydrogens is 270 g/mol. The Morgan fingerprint density at radius 1 is 1.19 bits per heavy atom. The van der Waals surface area contributed by atoms with Crippen LogP contribution >= 0.6 is 0 Å². The van der Waals surface area contributed by atoms with Crippen LogP contribution in [0.5, 0.6) is 0 Å². The van der Waals surface area contributed by atoms with E-state index in [2.05, 4.69) is 5.32 Å². The number of fused-ring (bicyclic) bond motifs is 1. The molecule has 3 amide bonds. The maximum atomic E-state index is 12.2. The van der Waals surface area contributed by atoms with E-state index in [1.165, 1.54) is 4.90 Å². The zero-order valence-electron chi connectivity index (χ0n) is 12.5. The number of amides is 3. The molecule has 0 saturated heterocycles. The summed E-state index contributed by atoms with van der Waals surface area (Å²) in [4.78, 5) is 38.1. The zero-order valence-corrected chi connectivity index (χ0v) is 12.5. The van der Waals surface area contributed by atoms with Gasteiger partial charge in [0.15, 0.2) is 13.2 Å². The van der Waals surface area contributed by atoms with Crippen LogP contribution < -0.4 is 10.2 Å². The first-order valence-corrected chi connectivity index (χ1v) is 6.96. The Morgan fingerprint density at radius 2 is 1.71 bits per heavy atom. The van der Waals surface area contributed by atoms with Gasteiger partial charge in [0.25, 0.3) is 17.7 Å². The van der Waals surface area contributed by atoms with E-state index in [1.54, 1.807) is 31.3 Å². The SMILES string of the molecule is CC(C)NC(=O)C[NH+](C)CN1C(=O)c2ccccc2C1=O. The average molecular weight is 290 g/mol. The van der Waals surface area contributed by atoms with Gasteiger partial charge in [-0.25, -0.2) is 4.90 Å². The van der Waals surface area contributed by atoms with E-state index in [9.17, 15) is 14.4 Å². The third-order valence-electron chi connectivity index (χ3n) is 3.22. The van der Waals surface area contributed by atoms with Crippen LogP contribution in [-0.2, 0) is 4.79 Å². The van der Waals surface area contributed by atoms with Gasteiger partial charge in [0, 0.05) is 6.04 Å². The number of rotatable bonds is 5. The fourth-order valence-corrected chi connectivity index (χ4v) is 2.36. The van der Waals surface area contributed by atoms with Crippen molar-refractivity contribution in [2.24, 2.45) is 0 Å². The first kappa shape index (κ1) is 15.2. The van der Waals surface area contributed by atoms with Crippen LogP contribution in [-0.4, -0.2) is 48.9 Å². The molecule has 112 valence electrons. The molecule has 0 aromatic heterocycles. The summed E-state index contributed by atoms with van der Waals surface area (Å²) in [6.07, 6.45) is 0. The summed E-state index contributed by atoms with van der Waals surface area (Å²) in [6, 6.07) is 6.84. The quantitative estimate of drug-likeness (QED) is 0.703. The lowest BCUT2D eigenvalue weighted by molar-refractivity contribution is -0.878. The Morgan fingerprint density at radius 3 is 2.19 bits per heavy atom. The van der Waals surface area contributed by atoms with Crippen molar-refractivity contribution < 1.29 is 19.3 Å². The highest BCUT2D eigenvalue weighted by Crippen LogP contribution is 2.20. The molecular formula is C15H20N3O3+. The van der Waals surface area contributed by atoms with E-state index in [0.29, 0.717) is 11.1 Å². The Balaban J connectivity index is 2.00. The van der Waals surface area contributed by atoms with Crippen molar-refractivity contribution in [3.05, 3.63) is 35.4 Å². The smallest absolute Gasteiger partial charge is 0.275 e. The fourth-order valence-electron chi connectivity index (χ4n) is 2.36. The van der Waals surface area contributed by atoms with Crippen molar-refractivity contribution in [1.29, 1.82) is 0 Å². The Kier molecular flexibility index (Phi) is 4.37. The van der Waals surface area contributed by atoms with E-state index >= 15 is 0 Å². The number of carbonyl (C=O) groups is 3. The summed E-state index contributed by atoms with van der Waals surface area (Å²) >= 11 is 0. The van der Waals surface area contributed by atoms with Crippen molar-refractivity contribution in [2.45, 2.75) is 19.9 Å². The highest BCUT2D eigenvalue weighted by atomic mass is 16.2. The van der Waals surface area contributed by atoms with Crippen LogP contribution in [0.2, 0.25) is 0 Å². The maximum Gasteiger partial charge on any atom is 0.275 e. The van der Waals surface area contributed by atoms with E-state index < -0.39 is 0 Å². The van der Waals surface area contributed by atoms with Crippen LogP contribution in [0.1, 0.15) is 34.6 Å². The lowest BCUT2D eigenvalue weighted by Gasteiger charge is -2.20. The second-order valence-electron chi connectivity index (χ2n) is 5.60. The summed E-state index contributed by atoms with van der Waals surface area (Å²) in [5.74, 6) is -0.683. The summed E-state index contributed by atoms with van der Waals surface area (Å²) in [6.45, 7) is 4.16. The third-order valence-corrected chi connectivity index (χ3v) is 3.22. The van der Waals surface area contributed by atoms with Crippen LogP contribution in [0.3, 0.4) is 0 Å². The normalized spacial score (nSPS) is 15.3. The van der Waals surface area contributed by atoms with Gasteiger partial charge in [-0.15, -0.1) is 0 Å². The van der Waals surface area contributed by atoms with Gasteiger partial charge in [0.05, 0.1) is 18.2 Å². The Hall–Kier alpha value is -2.21. The minimum atomic E-state index is -0.292. The molecule has 2 N–H and O–H groups in total. The molecule has 1 unspecified atom stereocenters. The van der Waals surface area contributed by atoms with Crippen molar-refractivity contribution in [1.82, 2.24) is 10.2 Å². The Bertz CT molecular complexity index is 548. The van der Waals surface area contributed by atoms with Gasteiger partial charge in [-0.3, -0.25) is 14.4 Å². The van der Waals surface area contributed by atoms with E-state index in [4.69, 9.17) is 0 Å². The number of imide groups is 1. The Labute approximate surface area is 123 Å². The molecule has 0 saturated carbocycles. The van der Waals surface area contributed by atoms with E-state index in [1.807, 2.05) is 13.8 Å². The second-order valence-corrected chi connectivity index (χ2v) is 5.60. The monoisotopic (exact) mass is 290 g/mol. The number of nitrogens with one attached hydrogen (secondary N) is 2. The van der Waals surface area contributed by atoms with Crippen LogP contribution in [0, 0.1) is 0 Å². The van der Waals surface area contributed by atoms with E-state index in [-0.39, 0.29) is 37.0 Å². The topological polar surface area (TPSA) is 70.9 Å². The average Bonchev–Trinajstić information content (AvgIpc) is 2.63. The fraction of sp³-hybridized carbons (Fsp3) is 0.400. The van der Waals surface area contributed by atoms with Gasteiger partial charge < -0.3 is 10.2 Å². The first-order valence-electron chi connectivity index (χ1n) is 6.96. The molecule has 2 rings (SSSR count). The number of benzene rings is 1. The lowest BCUT2D eigenvalue weighted by atomic mass is 10.1. The van der Waals surface area contributed by atoms with Crippen molar-refractivity contribution in [3.63, 3.8) is 0 Å². The van der Waals surface area contributed by atoms with Gasteiger partial charge in [-0.1, -0.05) is 12.1 Å². The van der Waals surface area contributed by atoms with Gasteiger partial charge in [0.2, 0.25) is 0 Å². The molecule has 6 heteroatoms. The molecule has 0 radical (unpaired) electrons. The van der Waals surface area contributed by atoms with Crippen molar-refractivity contribution >= 4 is 17.7 Å². The number of quaternary nitrogens is 1.